The zero-order valence-electron chi connectivity index (χ0n) is 11.0. The van der Waals surface area contributed by atoms with Crippen LogP contribution >= 0.6 is 12.2 Å². The maximum absolute atomic E-state index is 5.75. The van der Waals surface area contributed by atoms with Crippen LogP contribution < -0.4 is 10.6 Å². The van der Waals surface area contributed by atoms with Crippen LogP contribution in [0, 0.1) is 12.8 Å². The van der Waals surface area contributed by atoms with Crippen molar-refractivity contribution in [1.29, 1.82) is 0 Å². The van der Waals surface area contributed by atoms with Crippen LogP contribution in [0.4, 0.5) is 5.82 Å². The van der Waals surface area contributed by atoms with Crippen molar-refractivity contribution in [2.24, 2.45) is 11.7 Å². The van der Waals surface area contributed by atoms with Gasteiger partial charge in [0.15, 0.2) is 0 Å². The summed E-state index contributed by atoms with van der Waals surface area (Å²) in [7, 11) is 0. The van der Waals surface area contributed by atoms with Crippen LogP contribution in [0.1, 0.15) is 32.0 Å². The van der Waals surface area contributed by atoms with Gasteiger partial charge in [-0.25, -0.2) is 4.98 Å². The zero-order valence-corrected chi connectivity index (χ0v) is 11.8. The smallest absolute Gasteiger partial charge is 0.139 e. The van der Waals surface area contributed by atoms with Gasteiger partial charge in [-0.2, -0.15) is 0 Å². The van der Waals surface area contributed by atoms with Gasteiger partial charge < -0.3 is 10.6 Å². The molecule has 0 aliphatic heterocycles. The number of nitrogens with two attached hydrogens (primary N) is 1. The highest BCUT2D eigenvalue weighted by molar-refractivity contribution is 7.80. The molecule has 0 saturated carbocycles. The summed E-state index contributed by atoms with van der Waals surface area (Å²) in [6, 6.07) is 3.91. The Labute approximate surface area is 109 Å². The van der Waals surface area contributed by atoms with Gasteiger partial charge in [0.25, 0.3) is 0 Å². The first-order valence-electron chi connectivity index (χ1n) is 5.98. The number of hydrogen-bond donors (Lipinski definition) is 1. The molecule has 0 radical (unpaired) electrons. The monoisotopic (exact) mass is 251 g/mol. The molecule has 17 heavy (non-hydrogen) atoms. The average molecular weight is 251 g/mol. The predicted octanol–water partition coefficient (Wildman–Crippen LogP) is 2.51. The van der Waals surface area contributed by atoms with Gasteiger partial charge in [0, 0.05) is 18.8 Å². The van der Waals surface area contributed by atoms with Crippen molar-refractivity contribution in [3.8, 4) is 0 Å². The first kappa shape index (κ1) is 13.9. The van der Waals surface area contributed by atoms with E-state index in [-0.39, 0.29) is 0 Å². The molecule has 0 aromatic carbocycles. The lowest BCUT2D eigenvalue weighted by atomic mass is 10.1. The van der Waals surface area contributed by atoms with Crippen LogP contribution in [0.15, 0.2) is 12.1 Å². The van der Waals surface area contributed by atoms with Crippen LogP contribution in [-0.4, -0.2) is 23.1 Å². The summed E-state index contributed by atoms with van der Waals surface area (Å²) in [6.45, 7) is 10.4. The lowest BCUT2D eigenvalue weighted by Crippen LogP contribution is -2.30. The van der Waals surface area contributed by atoms with Crippen LogP contribution in [-0.2, 0) is 0 Å². The van der Waals surface area contributed by atoms with Gasteiger partial charge in [0.1, 0.15) is 10.8 Å². The van der Waals surface area contributed by atoms with Crippen molar-refractivity contribution in [3.63, 3.8) is 0 Å². The summed E-state index contributed by atoms with van der Waals surface area (Å²) in [5.41, 5.74) is 7.61. The standard InChI is InChI=1S/C13H21N3S/c1-5-16(8-9(2)3)13-11(12(14)17)7-6-10(4)15-13/h6-7,9H,5,8H2,1-4H3,(H2,14,17). The molecular weight excluding hydrogens is 230 g/mol. The first-order valence-corrected chi connectivity index (χ1v) is 6.39. The van der Waals surface area contributed by atoms with Crippen LogP contribution in [0.5, 0.6) is 0 Å². The Morgan fingerprint density at radius 3 is 2.59 bits per heavy atom. The lowest BCUT2D eigenvalue weighted by Gasteiger charge is -2.26. The molecule has 0 atom stereocenters. The molecule has 1 aromatic rings. The zero-order chi connectivity index (χ0) is 13.0. The fourth-order valence-electron chi connectivity index (χ4n) is 1.78. The molecule has 2 N–H and O–H groups in total. The maximum atomic E-state index is 5.75. The molecule has 94 valence electrons. The Morgan fingerprint density at radius 2 is 2.12 bits per heavy atom. The number of aromatic nitrogens is 1. The van der Waals surface area contributed by atoms with E-state index in [0.717, 1.165) is 30.2 Å². The van der Waals surface area contributed by atoms with E-state index in [4.69, 9.17) is 18.0 Å². The molecule has 0 fully saturated rings. The number of rotatable bonds is 5. The Morgan fingerprint density at radius 1 is 1.47 bits per heavy atom. The highest BCUT2D eigenvalue weighted by atomic mass is 32.1. The van der Waals surface area contributed by atoms with E-state index >= 15 is 0 Å². The first-order chi connectivity index (χ1) is 7.95. The number of thiocarbonyl (C=S) groups is 1. The summed E-state index contributed by atoms with van der Waals surface area (Å²) >= 11 is 5.08. The van der Waals surface area contributed by atoms with Gasteiger partial charge in [-0.3, -0.25) is 0 Å². The minimum atomic E-state index is 0.412. The third-order valence-electron chi connectivity index (χ3n) is 2.55. The summed E-state index contributed by atoms with van der Waals surface area (Å²) in [5, 5.41) is 0. The van der Waals surface area contributed by atoms with Gasteiger partial charge in [-0.1, -0.05) is 26.1 Å². The van der Waals surface area contributed by atoms with E-state index in [2.05, 4.69) is 30.7 Å². The quantitative estimate of drug-likeness (QED) is 0.817. The van der Waals surface area contributed by atoms with Crippen LogP contribution in [0.3, 0.4) is 0 Å². The van der Waals surface area contributed by atoms with Gasteiger partial charge >= 0.3 is 0 Å². The highest BCUT2D eigenvalue weighted by Crippen LogP contribution is 2.19. The van der Waals surface area contributed by atoms with Gasteiger partial charge in [-0.15, -0.1) is 0 Å². The molecule has 0 amide bonds. The summed E-state index contributed by atoms with van der Waals surface area (Å²) < 4.78 is 0. The Balaban J connectivity index is 3.15. The maximum Gasteiger partial charge on any atom is 0.139 e. The second kappa shape index (κ2) is 5.96. The third-order valence-corrected chi connectivity index (χ3v) is 2.77. The molecule has 1 rings (SSSR count). The molecule has 3 nitrogen and oxygen atoms in total. The van der Waals surface area contributed by atoms with E-state index in [0.29, 0.717) is 10.9 Å². The fraction of sp³-hybridized carbons (Fsp3) is 0.538. The van der Waals surface area contributed by atoms with Crippen LogP contribution in [0.25, 0.3) is 0 Å². The molecular formula is C13H21N3S. The second-order valence-electron chi connectivity index (χ2n) is 4.62. The molecule has 1 aromatic heterocycles. The number of hydrogen-bond acceptors (Lipinski definition) is 3. The highest BCUT2D eigenvalue weighted by Gasteiger charge is 2.14. The van der Waals surface area contributed by atoms with E-state index in [1.807, 2.05) is 19.1 Å². The molecule has 4 heteroatoms. The summed E-state index contributed by atoms with van der Waals surface area (Å²) in [6.07, 6.45) is 0. The Kier molecular flexibility index (Phi) is 4.87. The van der Waals surface area contributed by atoms with E-state index in [9.17, 15) is 0 Å². The topological polar surface area (TPSA) is 42.2 Å². The van der Waals surface area contributed by atoms with E-state index in [1.165, 1.54) is 0 Å². The number of nitrogens with zero attached hydrogens (tertiary/aromatic N) is 2. The average Bonchev–Trinajstić information content (AvgIpc) is 2.25. The Bertz CT molecular complexity index is 402. The van der Waals surface area contributed by atoms with Crippen molar-refractivity contribution < 1.29 is 0 Å². The molecule has 0 unspecified atom stereocenters. The third kappa shape index (κ3) is 3.66. The SMILES string of the molecule is CCN(CC(C)C)c1nc(C)ccc1C(N)=S. The molecule has 0 aliphatic rings. The molecule has 1 heterocycles. The normalized spacial score (nSPS) is 10.6. The number of aryl methyl sites for hydroxylation is 1. The number of pyridine rings is 1. The van der Waals surface area contributed by atoms with Crippen molar-refractivity contribution >= 4 is 23.0 Å². The van der Waals surface area contributed by atoms with Gasteiger partial charge in [0.2, 0.25) is 0 Å². The Hall–Kier alpha value is -1.16. The fourth-order valence-corrected chi connectivity index (χ4v) is 1.94. The van der Waals surface area contributed by atoms with Crippen molar-refractivity contribution in [2.45, 2.75) is 27.7 Å². The molecule has 0 spiro atoms. The van der Waals surface area contributed by atoms with Crippen molar-refractivity contribution in [2.75, 3.05) is 18.0 Å². The predicted molar refractivity (Wildman–Crippen MR) is 77.6 cm³/mol. The van der Waals surface area contributed by atoms with E-state index < -0.39 is 0 Å². The molecule has 0 bridgehead atoms. The summed E-state index contributed by atoms with van der Waals surface area (Å²) in [5.74, 6) is 1.49. The van der Waals surface area contributed by atoms with Gasteiger partial charge in [0.05, 0.1) is 5.56 Å². The second-order valence-corrected chi connectivity index (χ2v) is 5.06. The molecule has 0 aliphatic carbocycles. The largest absolute Gasteiger partial charge is 0.389 e. The van der Waals surface area contributed by atoms with Gasteiger partial charge in [-0.05, 0) is 31.9 Å². The summed E-state index contributed by atoms with van der Waals surface area (Å²) in [4.78, 5) is 7.22. The number of anilines is 1. The minimum Gasteiger partial charge on any atom is -0.389 e. The minimum absolute atomic E-state index is 0.412. The lowest BCUT2D eigenvalue weighted by molar-refractivity contribution is 0.614. The molecule has 0 saturated heterocycles. The van der Waals surface area contributed by atoms with Crippen molar-refractivity contribution in [3.05, 3.63) is 23.4 Å². The van der Waals surface area contributed by atoms with Crippen LogP contribution in [0.2, 0.25) is 0 Å². The van der Waals surface area contributed by atoms with Crippen molar-refractivity contribution in [1.82, 2.24) is 4.98 Å². The van der Waals surface area contributed by atoms with E-state index in [1.54, 1.807) is 0 Å².